The van der Waals surface area contributed by atoms with Gasteiger partial charge in [-0.25, -0.2) is 0 Å². The number of ketones is 2. The summed E-state index contributed by atoms with van der Waals surface area (Å²) in [5.41, 5.74) is 1.74. The fourth-order valence-corrected chi connectivity index (χ4v) is 2.63. The van der Waals surface area contributed by atoms with Crippen LogP contribution in [0.2, 0.25) is 0 Å². The van der Waals surface area contributed by atoms with Crippen LogP contribution in [0.3, 0.4) is 0 Å². The van der Waals surface area contributed by atoms with Gasteiger partial charge in [-0.1, -0.05) is 31.2 Å². The SMILES string of the molecule is C=CCC1=C(C(C)C=C)C(=O)c2cccc(OC)c2C1=O. The number of fused-ring (bicyclic) bond motifs is 1. The molecule has 1 aromatic carbocycles. The van der Waals surface area contributed by atoms with Crippen LogP contribution in [0.15, 0.2) is 54.7 Å². The molecule has 0 heterocycles. The molecule has 1 aliphatic carbocycles. The molecule has 0 radical (unpaired) electrons. The van der Waals surface area contributed by atoms with Gasteiger partial charge in [-0.15, -0.1) is 13.2 Å². The molecule has 2 rings (SSSR count). The van der Waals surface area contributed by atoms with Crippen LogP contribution >= 0.6 is 0 Å². The Labute approximate surface area is 124 Å². The van der Waals surface area contributed by atoms with Gasteiger partial charge in [-0.05, 0) is 12.5 Å². The normalized spacial score (nSPS) is 15.5. The molecule has 0 fully saturated rings. The van der Waals surface area contributed by atoms with E-state index >= 15 is 0 Å². The minimum Gasteiger partial charge on any atom is -0.496 e. The molecule has 0 aromatic heterocycles. The molecule has 0 aliphatic heterocycles. The number of Topliss-reactive ketones (excluding diaryl/α,β-unsaturated/α-hetero) is 2. The number of allylic oxidation sites excluding steroid dienone is 4. The summed E-state index contributed by atoms with van der Waals surface area (Å²) in [4.78, 5) is 25.6. The average Bonchev–Trinajstić information content (AvgIpc) is 2.51. The molecule has 108 valence electrons. The lowest BCUT2D eigenvalue weighted by atomic mass is 9.78. The molecule has 0 amide bonds. The lowest BCUT2D eigenvalue weighted by molar-refractivity contribution is 0.0964. The molecule has 0 N–H and O–H groups in total. The van der Waals surface area contributed by atoms with Gasteiger partial charge in [0.05, 0.1) is 12.7 Å². The molecule has 3 heteroatoms. The van der Waals surface area contributed by atoms with Crippen LogP contribution in [0.1, 0.15) is 34.1 Å². The van der Waals surface area contributed by atoms with Crippen molar-refractivity contribution in [3.63, 3.8) is 0 Å². The number of carbonyl (C=O) groups is 2. The average molecular weight is 282 g/mol. The lowest BCUT2D eigenvalue weighted by Crippen LogP contribution is -2.25. The van der Waals surface area contributed by atoms with Crippen molar-refractivity contribution in [1.82, 2.24) is 0 Å². The maximum atomic E-state index is 12.8. The smallest absolute Gasteiger partial charge is 0.194 e. The molecule has 21 heavy (non-hydrogen) atoms. The molecular weight excluding hydrogens is 264 g/mol. The Morgan fingerprint density at radius 3 is 2.52 bits per heavy atom. The van der Waals surface area contributed by atoms with E-state index in [0.717, 1.165) is 0 Å². The highest BCUT2D eigenvalue weighted by atomic mass is 16.5. The summed E-state index contributed by atoms with van der Waals surface area (Å²) < 4.78 is 5.24. The first-order valence-electron chi connectivity index (χ1n) is 6.79. The fraction of sp³-hybridized carbons (Fsp3) is 0.222. The summed E-state index contributed by atoms with van der Waals surface area (Å²) in [5, 5.41) is 0. The molecule has 1 aliphatic rings. The van der Waals surface area contributed by atoms with Crippen molar-refractivity contribution in [2.45, 2.75) is 13.3 Å². The topological polar surface area (TPSA) is 43.4 Å². The number of hydrogen-bond donors (Lipinski definition) is 0. The number of ether oxygens (including phenoxy) is 1. The van der Waals surface area contributed by atoms with E-state index in [1.807, 2.05) is 6.92 Å². The van der Waals surface area contributed by atoms with Crippen molar-refractivity contribution in [2.24, 2.45) is 5.92 Å². The van der Waals surface area contributed by atoms with E-state index in [2.05, 4.69) is 13.2 Å². The molecule has 0 bridgehead atoms. The first-order valence-corrected chi connectivity index (χ1v) is 6.79. The molecule has 1 unspecified atom stereocenters. The highest BCUT2D eigenvalue weighted by Crippen LogP contribution is 2.36. The quantitative estimate of drug-likeness (QED) is 0.772. The minimum atomic E-state index is -0.184. The molecule has 1 aromatic rings. The van der Waals surface area contributed by atoms with Gasteiger partial charge in [0, 0.05) is 22.6 Å². The van der Waals surface area contributed by atoms with Crippen LogP contribution in [-0.2, 0) is 0 Å². The summed E-state index contributed by atoms with van der Waals surface area (Å²) in [6.45, 7) is 9.27. The van der Waals surface area contributed by atoms with Gasteiger partial charge in [-0.2, -0.15) is 0 Å². The van der Waals surface area contributed by atoms with E-state index in [0.29, 0.717) is 34.4 Å². The van der Waals surface area contributed by atoms with Gasteiger partial charge in [0.2, 0.25) is 0 Å². The van der Waals surface area contributed by atoms with E-state index in [4.69, 9.17) is 4.74 Å². The van der Waals surface area contributed by atoms with E-state index in [1.54, 1.807) is 30.4 Å². The standard InChI is InChI=1S/C18H18O3/c1-5-8-12-15(11(3)6-2)17(19)13-9-7-10-14(21-4)16(13)18(12)20/h5-7,9-11H,1-2,8H2,3-4H3. The molecule has 0 saturated heterocycles. The Balaban J connectivity index is 2.74. The Morgan fingerprint density at radius 2 is 1.95 bits per heavy atom. The Hall–Kier alpha value is -2.42. The van der Waals surface area contributed by atoms with Crippen LogP contribution in [-0.4, -0.2) is 18.7 Å². The third kappa shape index (κ3) is 2.35. The predicted octanol–water partition coefficient (Wildman–Crippen LogP) is 3.77. The third-order valence-corrected chi connectivity index (χ3v) is 3.72. The Kier molecular flexibility index (Phi) is 4.22. The monoisotopic (exact) mass is 282 g/mol. The van der Waals surface area contributed by atoms with Crippen LogP contribution < -0.4 is 4.74 Å². The van der Waals surface area contributed by atoms with E-state index in [1.165, 1.54) is 7.11 Å². The van der Waals surface area contributed by atoms with Gasteiger partial charge in [0.15, 0.2) is 11.6 Å². The van der Waals surface area contributed by atoms with E-state index < -0.39 is 0 Å². The predicted molar refractivity (Wildman–Crippen MR) is 82.9 cm³/mol. The number of methoxy groups -OCH3 is 1. The minimum absolute atomic E-state index is 0.132. The van der Waals surface area contributed by atoms with Gasteiger partial charge in [0.25, 0.3) is 0 Å². The largest absolute Gasteiger partial charge is 0.496 e. The second kappa shape index (κ2) is 5.92. The fourth-order valence-electron chi connectivity index (χ4n) is 2.63. The molecule has 0 spiro atoms. The van der Waals surface area contributed by atoms with E-state index in [9.17, 15) is 9.59 Å². The first kappa shape index (κ1) is 15.0. The van der Waals surface area contributed by atoms with Gasteiger partial charge >= 0.3 is 0 Å². The lowest BCUT2D eigenvalue weighted by Gasteiger charge is -2.24. The summed E-state index contributed by atoms with van der Waals surface area (Å²) in [6.07, 6.45) is 3.67. The van der Waals surface area contributed by atoms with Crippen LogP contribution in [0, 0.1) is 5.92 Å². The van der Waals surface area contributed by atoms with Crippen molar-refractivity contribution < 1.29 is 14.3 Å². The van der Waals surface area contributed by atoms with Gasteiger partial charge < -0.3 is 4.74 Å². The zero-order valence-corrected chi connectivity index (χ0v) is 12.3. The molecular formula is C18H18O3. The Morgan fingerprint density at radius 1 is 1.24 bits per heavy atom. The van der Waals surface area contributed by atoms with Crippen molar-refractivity contribution in [1.29, 1.82) is 0 Å². The highest BCUT2D eigenvalue weighted by Gasteiger charge is 2.35. The van der Waals surface area contributed by atoms with E-state index in [-0.39, 0.29) is 17.5 Å². The van der Waals surface area contributed by atoms with Crippen molar-refractivity contribution in [3.05, 3.63) is 65.8 Å². The summed E-state index contributed by atoms with van der Waals surface area (Å²) in [7, 11) is 1.49. The third-order valence-electron chi connectivity index (χ3n) is 3.72. The zero-order valence-electron chi connectivity index (χ0n) is 12.3. The number of carbonyl (C=O) groups excluding carboxylic acids is 2. The maximum Gasteiger partial charge on any atom is 0.194 e. The Bertz CT molecular complexity index is 665. The maximum absolute atomic E-state index is 12.8. The second-order valence-electron chi connectivity index (χ2n) is 4.95. The summed E-state index contributed by atoms with van der Waals surface area (Å²) in [6, 6.07) is 5.08. The van der Waals surface area contributed by atoms with Crippen molar-refractivity contribution >= 4 is 11.6 Å². The zero-order chi connectivity index (χ0) is 15.6. The number of rotatable bonds is 5. The van der Waals surface area contributed by atoms with Crippen LogP contribution in [0.4, 0.5) is 0 Å². The van der Waals surface area contributed by atoms with Crippen molar-refractivity contribution in [3.8, 4) is 5.75 Å². The van der Waals surface area contributed by atoms with Crippen LogP contribution in [0.25, 0.3) is 0 Å². The number of benzene rings is 1. The second-order valence-corrected chi connectivity index (χ2v) is 4.95. The molecule has 3 nitrogen and oxygen atoms in total. The first-order chi connectivity index (χ1) is 10.1. The van der Waals surface area contributed by atoms with Crippen molar-refractivity contribution in [2.75, 3.05) is 7.11 Å². The number of hydrogen-bond acceptors (Lipinski definition) is 3. The summed E-state index contributed by atoms with van der Waals surface area (Å²) >= 11 is 0. The molecule has 1 atom stereocenters. The van der Waals surface area contributed by atoms with Crippen LogP contribution in [0.5, 0.6) is 5.75 Å². The van der Waals surface area contributed by atoms with Gasteiger partial charge in [0.1, 0.15) is 5.75 Å². The summed E-state index contributed by atoms with van der Waals surface area (Å²) in [5.74, 6) is -0.0492. The van der Waals surface area contributed by atoms with Gasteiger partial charge in [-0.3, -0.25) is 9.59 Å². The highest BCUT2D eigenvalue weighted by molar-refractivity contribution is 6.28. The molecule has 0 saturated carbocycles.